The molecule has 0 fully saturated rings. The van der Waals surface area contributed by atoms with Gasteiger partial charge in [0, 0.05) is 38.9 Å². The average molecular weight is 320 g/mol. The molecule has 1 N–H and O–H groups in total. The first-order valence-corrected chi connectivity index (χ1v) is 8.13. The van der Waals surface area contributed by atoms with Gasteiger partial charge in [0.25, 0.3) is 0 Å². The predicted molar refractivity (Wildman–Crippen MR) is 90.1 cm³/mol. The standard InChI is InChI=1S/C17H28N4O2/c1-13(15-6-9-19-20(15)5)18-12-14-7-10-21(11-8-14)16(22)23-17(2,3)4/h6-7,9,13,18H,8,10-12H2,1-5H3. The third-order valence-electron chi connectivity index (χ3n) is 3.89. The molecule has 1 aromatic rings. The second-order valence-corrected chi connectivity index (χ2v) is 7.02. The number of nitrogens with zero attached hydrogens (tertiary/aromatic N) is 3. The van der Waals surface area contributed by atoms with Crippen LogP contribution in [0.3, 0.4) is 0 Å². The Morgan fingerprint density at radius 2 is 2.22 bits per heavy atom. The van der Waals surface area contributed by atoms with E-state index >= 15 is 0 Å². The van der Waals surface area contributed by atoms with E-state index in [0.29, 0.717) is 13.1 Å². The molecule has 0 radical (unpaired) electrons. The van der Waals surface area contributed by atoms with Crippen molar-refractivity contribution in [2.75, 3.05) is 19.6 Å². The van der Waals surface area contributed by atoms with Gasteiger partial charge in [0.2, 0.25) is 0 Å². The first kappa shape index (κ1) is 17.5. The molecule has 0 aliphatic carbocycles. The van der Waals surface area contributed by atoms with E-state index in [-0.39, 0.29) is 12.1 Å². The molecule has 0 aromatic carbocycles. The number of ether oxygens (including phenoxy) is 1. The second kappa shape index (κ2) is 7.17. The zero-order valence-corrected chi connectivity index (χ0v) is 14.8. The molecule has 6 nitrogen and oxygen atoms in total. The number of amides is 1. The summed E-state index contributed by atoms with van der Waals surface area (Å²) < 4.78 is 7.29. The highest BCUT2D eigenvalue weighted by Gasteiger charge is 2.23. The molecular formula is C17H28N4O2. The third kappa shape index (κ3) is 5.10. The third-order valence-corrected chi connectivity index (χ3v) is 3.89. The van der Waals surface area contributed by atoms with Gasteiger partial charge in [0.05, 0.1) is 5.69 Å². The summed E-state index contributed by atoms with van der Waals surface area (Å²) in [5.41, 5.74) is 2.05. The van der Waals surface area contributed by atoms with Crippen LogP contribution in [0.1, 0.15) is 45.9 Å². The molecule has 0 bridgehead atoms. The lowest BCUT2D eigenvalue weighted by atomic mass is 10.1. The van der Waals surface area contributed by atoms with Gasteiger partial charge in [-0.2, -0.15) is 5.10 Å². The molecule has 0 spiro atoms. The maximum Gasteiger partial charge on any atom is 0.410 e. The van der Waals surface area contributed by atoms with Gasteiger partial charge in [-0.25, -0.2) is 4.79 Å². The average Bonchev–Trinajstić information content (AvgIpc) is 2.90. The number of hydrogen-bond acceptors (Lipinski definition) is 4. The highest BCUT2D eigenvalue weighted by molar-refractivity contribution is 5.68. The molecule has 2 heterocycles. The number of rotatable bonds is 4. The summed E-state index contributed by atoms with van der Waals surface area (Å²) in [5, 5.41) is 7.71. The summed E-state index contributed by atoms with van der Waals surface area (Å²) in [6.45, 7) is 9.95. The van der Waals surface area contributed by atoms with Crippen molar-refractivity contribution in [2.24, 2.45) is 7.05 Å². The summed E-state index contributed by atoms with van der Waals surface area (Å²) in [6, 6.07) is 2.27. The van der Waals surface area contributed by atoms with Gasteiger partial charge < -0.3 is 15.0 Å². The van der Waals surface area contributed by atoms with E-state index in [1.165, 1.54) is 5.57 Å². The molecule has 1 aliphatic heterocycles. The number of aromatic nitrogens is 2. The summed E-state index contributed by atoms with van der Waals surface area (Å²) in [4.78, 5) is 13.8. The van der Waals surface area contributed by atoms with Crippen molar-refractivity contribution in [1.82, 2.24) is 20.0 Å². The Labute approximate surface area is 138 Å². The number of hydrogen-bond donors (Lipinski definition) is 1. The molecule has 1 aromatic heterocycles. The molecule has 1 aliphatic rings. The quantitative estimate of drug-likeness (QED) is 0.867. The Morgan fingerprint density at radius 3 is 2.74 bits per heavy atom. The van der Waals surface area contributed by atoms with Crippen molar-refractivity contribution >= 4 is 6.09 Å². The first-order chi connectivity index (χ1) is 10.8. The van der Waals surface area contributed by atoms with E-state index < -0.39 is 5.60 Å². The molecule has 0 saturated carbocycles. The fraction of sp³-hybridized carbons (Fsp3) is 0.647. The van der Waals surface area contributed by atoms with Gasteiger partial charge in [-0.3, -0.25) is 4.68 Å². The van der Waals surface area contributed by atoms with Gasteiger partial charge in [0.15, 0.2) is 0 Å². The number of carbonyl (C=O) groups is 1. The lowest BCUT2D eigenvalue weighted by molar-refractivity contribution is 0.0265. The molecule has 23 heavy (non-hydrogen) atoms. The Balaban J connectivity index is 1.81. The van der Waals surface area contributed by atoms with Crippen LogP contribution in [0.2, 0.25) is 0 Å². The minimum absolute atomic E-state index is 0.232. The summed E-state index contributed by atoms with van der Waals surface area (Å²) >= 11 is 0. The molecule has 1 unspecified atom stereocenters. The lowest BCUT2D eigenvalue weighted by Gasteiger charge is -2.30. The van der Waals surface area contributed by atoms with Crippen molar-refractivity contribution in [3.8, 4) is 0 Å². The van der Waals surface area contributed by atoms with Crippen molar-refractivity contribution in [3.05, 3.63) is 29.6 Å². The molecule has 6 heteroatoms. The summed E-state index contributed by atoms with van der Waals surface area (Å²) in [6.07, 6.45) is 4.58. The van der Waals surface area contributed by atoms with Gasteiger partial charge >= 0.3 is 6.09 Å². The van der Waals surface area contributed by atoms with E-state index in [9.17, 15) is 4.79 Å². The molecule has 0 saturated heterocycles. The van der Waals surface area contributed by atoms with Crippen molar-refractivity contribution < 1.29 is 9.53 Å². The summed E-state index contributed by atoms with van der Waals surface area (Å²) in [7, 11) is 1.95. The van der Waals surface area contributed by atoms with Crippen LogP contribution in [0.5, 0.6) is 0 Å². The van der Waals surface area contributed by atoms with E-state index in [1.54, 1.807) is 4.90 Å². The fourth-order valence-electron chi connectivity index (χ4n) is 2.56. The highest BCUT2D eigenvalue weighted by atomic mass is 16.6. The minimum Gasteiger partial charge on any atom is -0.444 e. The maximum atomic E-state index is 12.0. The predicted octanol–water partition coefficient (Wildman–Crippen LogP) is 2.64. The van der Waals surface area contributed by atoms with Crippen molar-refractivity contribution in [1.29, 1.82) is 0 Å². The molecule has 128 valence electrons. The zero-order valence-electron chi connectivity index (χ0n) is 14.8. The smallest absolute Gasteiger partial charge is 0.410 e. The fourth-order valence-corrected chi connectivity index (χ4v) is 2.56. The molecule has 1 atom stereocenters. The largest absolute Gasteiger partial charge is 0.444 e. The second-order valence-electron chi connectivity index (χ2n) is 7.02. The van der Waals surface area contributed by atoms with Gasteiger partial charge in [-0.05, 0) is 40.2 Å². The van der Waals surface area contributed by atoms with Crippen LogP contribution in [0, 0.1) is 0 Å². The SMILES string of the molecule is CC(NCC1=CCN(C(=O)OC(C)(C)C)CC1)c1ccnn1C. The minimum atomic E-state index is -0.443. The molecular weight excluding hydrogens is 292 g/mol. The Morgan fingerprint density at radius 1 is 1.48 bits per heavy atom. The van der Waals surface area contributed by atoms with E-state index in [4.69, 9.17) is 4.74 Å². The van der Waals surface area contributed by atoms with Crippen molar-refractivity contribution in [2.45, 2.75) is 45.8 Å². The van der Waals surface area contributed by atoms with Gasteiger partial charge in [0.1, 0.15) is 5.60 Å². The van der Waals surface area contributed by atoms with Crippen LogP contribution >= 0.6 is 0 Å². The normalized spacial score (nSPS) is 16.9. The van der Waals surface area contributed by atoms with Gasteiger partial charge in [-0.15, -0.1) is 0 Å². The monoisotopic (exact) mass is 320 g/mol. The topological polar surface area (TPSA) is 59.4 Å². The summed E-state index contributed by atoms with van der Waals surface area (Å²) in [5.74, 6) is 0. The van der Waals surface area contributed by atoms with Crippen LogP contribution in [-0.2, 0) is 11.8 Å². The van der Waals surface area contributed by atoms with Crippen LogP contribution < -0.4 is 5.32 Å². The molecule has 1 amide bonds. The van der Waals surface area contributed by atoms with Gasteiger partial charge in [-0.1, -0.05) is 11.6 Å². The Kier molecular flexibility index (Phi) is 5.46. The van der Waals surface area contributed by atoms with Crippen LogP contribution in [0.15, 0.2) is 23.9 Å². The lowest BCUT2D eigenvalue weighted by Crippen LogP contribution is -2.40. The Hall–Kier alpha value is -1.82. The zero-order chi connectivity index (χ0) is 17.0. The van der Waals surface area contributed by atoms with Crippen LogP contribution in [0.25, 0.3) is 0 Å². The number of aryl methyl sites for hydroxylation is 1. The van der Waals surface area contributed by atoms with E-state index in [2.05, 4.69) is 23.4 Å². The maximum absolute atomic E-state index is 12.0. The first-order valence-electron chi connectivity index (χ1n) is 8.13. The number of carbonyl (C=O) groups excluding carboxylic acids is 1. The Bertz CT molecular complexity index is 571. The van der Waals surface area contributed by atoms with Crippen LogP contribution in [0.4, 0.5) is 4.79 Å². The molecule has 2 rings (SSSR count). The van der Waals surface area contributed by atoms with E-state index in [0.717, 1.165) is 18.7 Å². The van der Waals surface area contributed by atoms with Crippen molar-refractivity contribution in [3.63, 3.8) is 0 Å². The van der Waals surface area contributed by atoms with Crippen LogP contribution in [-0.4, -0.2) is 46.0 Å². The highest BCUT2D eigenvalue weighted by Crippen LogP contribution is 2.16. The number of nitrogens with one attached hydrogen (secondary N) is 1. The van der Waals surface area contributed by atoms with E-state index in [1.807, 2.05) is 44.8 Å².